The Kier molecular flexibility index (Phi) is 3.97. The molecule has 0 aliphatic heterocycles. The zero-order valence-electron chi connectivity index (χ0n) is 12.1. The van der Waals surface area contributed by atoms with Crippen molar-refractivity contribution >= 4 is 33.5 Å². The minimum atomic E-state index is -0.466. The Morgan fingerprint density at radius 1 is 1.36 bits per heavy atom. The Bertz CT molecular complexity index is 804. The van der Waals surface area contributed by atoms with Crippen molar-refractivity contribution in [2.45, 2.75) is 13.0 Å². The van der Waals surface area contributed by atoms with Gasteiger partial charge in [0.25, 0.3) is 0 Å². The number of rotatable bonds is 4. The number of aromatic nitrogens is 3. The van der Waals surface area contributed by atoms with Gasteiger partial charge in [-0.15, -0.1) is 11.3 Å². The van der Waals surface area contributed by atoms with Gasteiger partial charge in [-0.3, -0.25) is 4.98 Å². The molecule has 0 aliphatic carbocycles. The Hall–Kier alpha value is -2.54. The number of thiophene rings is 1. The van der Waals surface area contributed by atoms with Crippen molar-refractivity contribution < 1.29 is 9.53 Å². The molecule has 6 nitrogen and oxygen atoms in total. The van der Waals surface area contributed by atoms with Crippen LogP contribution in [-0.2, 0) is 4.74 Å². The fourth-order valence-electron chi connectivity index (χ4n) is 2.07. The molecule has 0 saturated carbocycles. The molecule has 1 atom stereocenters. The number of methoxy groups -OCH3 is 1. The predicted octanol–water partition coefficient (Wildman–Crippen LogP) is 3.05. The van der Waals surface area contributed by atoms with Crippen LogP contribution < -0.4 is 5.32 Å². The first-order chi connectivity index (χ1) is 10.7. The van der Waals surface area contributed by atoms with Gasteiger partial charge in [-0.1, -0.05) is 6.07 Å². The highest BCUT2D eigenvalue weighted by molar-refractivity contribution is 7.17. The number of carbonyl (C=O) groups excluding carboxylic acids is 1. The number of pyridine rings is 1. The summed E-state index contributed by atoms with van der Waals surface area (Å²) in [4.78, 5) is 24.7. The van der Waals surface area contributed by atoms with Gasteiger partial charge < -0.3 is 10.1 Å². The summed E-state index contributed by atoms with van der Waals surface area (Å²) in [6, 6.07) is 5.66. The highest BCUT2D eigenvalue weighted by Crippen LogP contribution is 2.25. The van der Waals surface area contributed by atoms with Crippen LogP contribution in [0.1, 0.15) is 29.0 Å². The van der Waals surface area contributed by atoms with E-state index in [0.29, 0.717) is 5.95 Å². The lowest BCUT2D eigenvalue weighted by molar-refractivity contribution is 0.0597. The second kappa shape index (κ2) is 6.07. The first-order valence-corrected chi connectivity index (χ1v) is 7.57. The molecular weight excluding hydrogens is 300 g/mol. The standard InChI is InChI=1S/C15H14N4O2S/c1-9(10-4-3-6-16-8-10)17-15-18-11-5-7-22-13(11)12(19-15)14(20)21-2/h3-9H,1-2H3,(H,17,18,19). The van der Waals surface area contributed by atoms with Gasteiger partial charge in [0, 0.05) is 12.4 Å². The van der Waals surface area contributed by atoms with Crippen LogP contribution in [-0.4, -0.2) is 28.0 Å². The smallest absolute Gasteiger partial charge is 0.358 e. The largest absolute Gasteiger partial charge is 0.464 e. The van der Waals surface area contributed by atoms with E-state index in [1.807, 2.05) is 30.5 Å². The van der Waals surface area contributed by atoms with E-state index in [9.17, 15) is 4.79 Å². The molecule has 3 aromatic rings. The average molecular weight is 314 g/mol. The van der Waals surface area contributed by atoms with E-state index in [4.69, 9.17) is 4.74 Å². The summed E-state index contributed by atoms with van der Waals surface area (Å²) >= 11 is 1.42. The molecule has 0 radical (unpaired) electrons. The maximum atomic E-state index is 11.9. The number of hydrogen-bond donors (Lipinski definition) is 1. The van der Waals surface area contributed by atoms with E-state index in [0.717, 1.165) is 15.8 Å². The normalized spacial score (nSPS) is 12.1. The van der Waals surface area contributed by atoms with Crippen LogP contribution in [0.4, 0.5) is 5.95 Å². The number of nitrogens with zero attached hydrogens (tertiary/aromatic N) is 3. The van der Waals surface area contributed by atoms with E-state index in [-0.39, 0.29) is 11.7 Å². The Morgan fingerprint density at radius 3 is 2.95 bits per heavy atom. The van der Waals surface area contributed by atoms with E-state index >= 15 is 0 Å². The molecule has 3 rings (SSSR count). The van der Waals surface area contributed by atoms with Crippen molar-refractivity contribution in [3.63, 3.8) is 0 Å². The minimum absolute atomic E-state index is 0.0321. The van der Waals surface area contributed by atoms with Crippen molar-refractivity contribution in [2.75, 3.05) is 12.4 Å². The Labute approximate surface area is 131 Å². The summed E-state index contributed by atoms with van der Waals surface area (Å²) in [6.07, 6.45) is 3.50. The number of fused-ring (bicyclic) bond motifs is 1. The zero-order chi connectivity index (χ0) is 15.5. The zero-order valence-corrected chi connectivity index (χ0v) is 12.9. The second-order valence-corrected chi connectivity index (χ2v) is 5.59. The molecule has 7 heteroatoms. The van der Waals surface area contributed by atoms with Gasteiger partial charge in [0.15, 0.2) is 5.69 Å². The second-order valence-electron chi connectivity index (χ2n) is 4.67. The van der Waals surface area contributed by atoms with Gasteiger partial charge >= 0.3 is 5.97 Å². The maximum Gasteiger partial charge on any atom is 0.358 e. The molecule has 0 aliphatic rings. The van der Waals surface area contributed by atoms with Crippen molar-refractivity contribution in [3.8, 4) is 0 Å². The molecule has 112 valence electrons. The number of ether oxygens (including phenoxy) is 1. The summed E-state index contributed by atoms with van der Waals surface area (Å²) < 4.78 is 5.53. The quantitative estimate of drug-likeness (QED) is 0.746. The Morgan fingerprint density at radius 2 is 2.23 bits per heavy atom. The molecule has 0 aromatic carbocycles. The summed E-state index contributed by atoms with van der Waals surface area (Å²) in [5.41, 5.74) is 2.01. The van der Waals surface area contributed by atoms with E-state index in [1.54, 1.807) is 12.4 Å². The molecule has 3 aromatic heterocycles. The van der Waals surface area contributed by atoms with Gasteiger partial charge in [0.05, 0.1) is 23.4 Å². The monoisotopic (exact) mass is 314 g/mol. The molecule has 0 saturated heterocycles. The number of hydrogen-bond acceptors (Lipinski definition) is 7. The van der Waals surface area contributed by atoms with Crippen molar-refractivity contribution in [2.24, 2.45) is 0 Å². The number of carbonyl (C=O) groups is 1. The summed E-state index contributed by atoms with van der Waals surface area (Å²) in [6.45, 7) is 1.98. The van der Waals surface area contributed by atoms with Gasteiger partial charge in [-0.2, -0.15) is 0 Å². The fraction of sp³-hybridized carbons (Fsp3) is 0.200. The Balaban J connectivity index is 1.95. The van der Waals surface area contributed by atoms with Crippen LogP contribution in [0.15, 0.2) is 36.0 Å². The summed E-state index contributed by atoms with van der Waals surface area (Å²) in [5.74, 6) is -0.0745. The van der Waals surface area contributed by atoms with Crippen molar-refractivity contribution in [1.29, 1.82) is 0 Å². The van der Waals surface area contributed by atoms with Gasteiger partial charge in [0.2, 0.25) is 5.95 Å². The third-order valence-corrected chi connectivity index (χ3v) is 4.12. The highest BCUT2D eigenvalue weighted by Gasteiger charge is 2.17. The van der Waals surface area contributed by atoms with Gasteiger partial charge in [-0.05, 0) is 30.0 Å². The number of anilines is 1. The molecular formula is C15H14N4O2S. The lowest BCUT2D eigenvalue weighted by atomic mass is 10.1. The van der Waals surface area contributed by atoms with Gasteiger partial charge in [0.1, 0.15) is 0 Å². The SMILES string of the molecule is COC(=O)c1nc(NC(C)c2cccnc2)nc2ccsc12. The van der Waals surface area contributed by atoms with E-state index < -0.39 is 5.97 Å². The fourth-order valence-corrected chi connectivity index (χ4v) is 2.88. The maximum absolute atomic E-state index is 11.9. The van der Waals surface area contributed by atoms with Crippen LogP contribution in [0.2, 0.25) is 0 Å². The molecule has 3 heterocycles. The number of esters is 1. The molecule has 0 bridgehead atoms. The van der Waals surface area contributed by atoms with Crippen LogP contribution in [0.5, 0.6) is 0 Å². The van der Waals surface area contributed by atoms with Gasteiger partial charge in [-0.25, -0.2) is 14.8 Å². The third kappa shape index (κ3) is 2.75. The molecule has 1 unspecified atom stereocenters. The topological polar surface area (TPSA) is 77.0 Å². The van der Waals surface area contributed by atoms with Crippen LogP contribution >= 0.6 is 11.3 Å². The molecule has 0 amide bonds. The summed E-state index contributed by atoms with van der Waals surface area (Å²) in [5, 5.41) is 5.07. The molecule has 1 N–H and O–H groups in total. The first-order valence-electron chi connectivity index (χ1n) is 6.69. The van der Waals surface area contributed by atoms with E-state index in [1.165, 1.54) is 18.4 Å². The minimum Gasteiger partial charge on any atom is -0.464 e. The average Bonchev–Trinajstić information content (AvgIpc) is 3.02. The highest BCUT2D eigenvalue weighted by atomic mass is 32.1. The van der Waals surface area contributed by atoms with Crippen molar-refractivity contribution in [1.82, 2.24) is 15.0 Å². The van der Waals surface area contributed by atoms with Crippen LogP contribution in [0, 0.1) is 0 Å². The van der Waals surface area contributed by atoms with Crippen LogP contribution in [0.25, 0.3) is 10.2 Å². The third-order valence-electron chi connectivity index (χ3n) is 3.21. The van der Waals surface area contributed by atoms with E-state index in [2.05, 4.69) is 20.3 Å². The first kappa shape index (κ1) is 14.4. The van der Waals surface area contributed by atoms with Crippen LogP contribution in [0.3, 0.4) is 0 Å². The number of nitrogens with one attached hydrogen (secondary N) is 1. The lowest BCUT2D eigenvalue weighted by Gasteiger charge is -2.14. The molecule has 0 spiro atoms. The van der Waals surface area contributed by atoms with Crippen molar-refractivity contribution in [3.05, 3.63) is 47.2 Å². The lowest BCUT2D eigenvalue weighted by Crippen LogP contribution is -2.13. The summed E-state index contributed by atoms with van der Waals surface area (Å²) in [7, 11) is 1.34. The molecule has 22 heavy (non-hydrogen) atoms. The predicted molar refractivity (Wildman–Crippen MR) is 85.0 cm³/mol. The molecule has 0 fully saturated rings.